The van der Waals surface area contributed by atoms with E-state index in [0.717, 1.165) is 19.6 Å². The number of carbonyl (C=O) groups is 2. The zero-order valence-corrected chi connectivity index (χ0v) is 16.0. The number of hydrogen-bond donors (Lipinski definition) is 0. The van der Waals surface area contributed by atoms with Gasteiger partial charge in [0.2, 0.25) is 0 Å². The Kier molecular flexibility index (Phi) is 5.16. The van der Waals surface area contributed by atoms with E-state index in [9.17, 15) is 9.59 Å². The summed E-state index contributed by atoms with van der Waals surface area (Å²) < 4.78 is 6.49. The predicted octanol–water partition coefficient (Wildman–Crippen LogP) is 3.63. The fraction of sp³-hybridized carbons (Fsp3) is 0.412. The topological polar surface area (TPSA) is 46.6 Å². The number of ether oxygens (including phenoxy) is 1. The molecule has 2 aliphatic rings. The summed E-state index contributed by atoms with van der Waals surface area (Å²) in [6, 6.07) is 3.61. The average Bonchev–Trinajstić information content (AvgIpc) is 2.75. The van der Waals surface area contributed by atoms with Gasteiger partial charge in [-0.05, 0) is 25.0 Å². The third kappa shape index (κ3) is 3.09. The predicted molar refractivity (Wildman–Crippen MR) is 95.1 cm³/mol. The van der Waals surface area contributed by atoms with Gasteiger partial charge in [0.05, 0.1) is 6.61 Å². The van der Waals surface area contributed by atoms with E-state index < -0.39 is 0 Å². The van der Waals surface area contributed by atoms with Gasteiger partial charge < -0.3 is 9.64 Å². The molecule has 3 rings (SSSR count). The van der Waals surface area contributed by atoms with Gasteiger partial charge in [0.15, 0.2) is 11.6 Å². The lowest BCUT2D eigenvalue weighted by atomic mass is 9.82. The molecule has 23 heavy (non-hydrogen) atoms. The second kappa shape index (κ2) is 6.97. The van der Waals surface area contributed by atoms with Crippen LogP contribution >= 0.6 is 31.9 Å². The molecule has 0 atom stereocenters. The van der Waals surface area contributed by atoms with Crippen LogP contribution < -0.4 is 0 Å². The Morgan fingerprint density at radius 3 is 1.91 bits per heavy atom. The standard InChI is InChI=1S/C17H17Br2NO3/c1-23-9-8-20-6-4-10-11(5-7-20)17(22)15-13(19)3-2-12(18)14(15)16(10)21/h2-3H,4-9H2,1H3. The summed E-state index contributed by atoms with van der Waals surface area (Å²) in [6.07, 6.45) is 1.23. The summed E-state index contributed by atoms with van der Waals surface area (Å²) in [4.78, 5) is 28.1. The highest BCUT2D eigenvalue weighted by molar-refractivity contribution is 9.11. The second-order valence-corrected chi connectivity index (χ2v) is 7.44. The first kappa shape index (κ1) is 17.0. The molecule has 0 saturated heterocycles. The molecule has 0 spiro atoms. The Morgan fingerprint density at radius 2 is 1.48 bits per heavy atom. The van der Waals surface area contributed by atoms with Crippen LogP contribution in [-0.4, -0.2) is 49.8 Å². The summed E-state index contributed by atoms with van der Waals surface area (Å²) in [6.45, 7) is 3.04. The first-order chi connectivity index (χ1) is 11.0. The van der Waals surface area contributed by atoms with E-state index in [1.807, 2.05) is 0 Å². The molecule has 0 fully saturated rings. The minimum Gasteiger partial charge on any atom is -0.383 e. The van der Waals surface area contributed by atoms with Crippen molar-refractivity contribution >= 4 is 43.4 Å². The van der Waals surface area contributed by atoms with Crippen molar-refractivity contribution in [1.29, 1.82) is 0 Å². The zero-order chi connectivity index (χ0) is 16.6. The lowest BCUT2D eigenvalue weighted by molar-refractivity contribution is 0.0969. The van der Waals surface area contributed by atoms with Gasteiger partial charge in [-0.25, -0.2) is 0 Å². The maximum absolute atomic E-state index is 12.9. The highest BCUT2D eigenvalue weighted by Crippen LogP contribution is 2.38. The average molecular weight is 443 g/mol. The van der Waals surface area contributed by atoms with Crippen LogP contribution in [-0.2, 0) is 4.74 Å². The largest absolute Gasteiger partial charge is 0.383 e. The Labute approximate surface area is 152 Å². The molecule has 0 bridgehead atoms. The van der Waals surface area contributed by atoms with Gasteiger partial charge in [-0.2, -0.15) is 0 Å². The summed E-state index contributed by atoms with van der Waals surface area (Å²) in [5.41, 5.74) is 2.35. The second-order valence-electron chi connectivity index (χ2n) is 5.73. The molecule has 4 nitrogen and oxygen atoms in total. The molecule has 122 valence electrons. The summed E-state index contributed by atoms with van der Waals surface area (Å²) >= 11 is 6.85. The number of hydrogen-bond acceptors (Lipinski definition) is 4. The Morgan fingerprint density at radius 1 is 1.00 bits per heavy atom. The molecule has 1 aliphatic carbocycles. The Balaban J connectivity index is 1.96. The van der Waals surface area contributed by atoms with Crippen LogP contribution in [0.4, 0.5) is 0 Å². The number of carbonyl (C=O) groups excluding carboxylic acids is 2. The van der Waals surface area contributed by atoms with E-state index >= 15 is 0 Å². The van der Waals surface area contributed by atoms with Crippen molar-refractivity contribution in [2.75, 3.05) is 33.4 Å². The normalized spacial score (nSPS) is 18.7. The smallest absolute Gasteiger partial charge is 0.191 e. The molecule has 0 radical (unpaired) electrons. The molecule has 0 amide bonds. The first-order valence-corrected chi connectivity index (χ1v) is 9.14. The molecule has 0 unspecified atom stereocenters. The number of ketones is 2. The van der Waals surface area contributed by atoms with Crippen molar-refractivity contribution in [2.45, 2.75) is 12.8 Å². The minimum absolute atomic E-state index is 0.0173. The molecule has 0 saturated carbocycles. The van der Waals surface area contributed by atoms with Crippen LogP contribution in [0.5, 0.6) is 0 Å². The Bertz CT molecular complexity index is 657. The lowest BCUT2D eigenvalue weighted by Gasteiger charge is -2.21. The summed E-state index contributed by atoms with van der Waals surface area (Å²) in [5.74, 6) is -0.0345. The third-order valence-electron chi connectivity index (χ3n) is 4.44. The first-order valence-electron chi connectivity index (χ1n) is 7.55. The fourth-order valence-corrected chi connectivity index (χ4v) is 4.22. The van der Waals surface area contributed by atoms with E-state index in [-0.39, 0.29) is 11.6 Å². The van der Waals surface area contributed by atoms with Gasteiger partial charge in [-0.3, -0.25) is 9.59 Å². The number of benzene rings is 1. The number of nitrogens with zero attached hydrogens (tertiary/aromatic N) is 1. The van der Waals surface area contributed by atoms with Gasteiger partial charge >= 0.3 is 0 Å². The van der Waals surface area contributed by atoms with Crippen molar-refractivity contribution < 1.29 is 14.3 Å². The van der Waals surface area contributed by atoms with Crippen LogP contribution in [0.3, 0.4) is 0 Å². The van der Waals surface area contributed by atoms with Crippen molar-refractivity contribution in [1.82, 2.24) is 4.90 Å². The fourth-order valence-electron chi connectivity index (χ4n) is 3.20. The number of rotatable bonds is 3. The van der Waals surface area contributed by atoms with Gasteiger partial charge in [0, 0.05) is 58.0 Å². The van der Waals surface area contributed by atoms with Crippen LogP contribution in [0.25, 0.3) is 0 Å². The van der Waals surface area contributed by atoms with Crippen LogP contribution in [0.15, 0.2) is 32.2 Å². The van der Waals surface area contributed by atoms with Gasteiger partial charge in [-0.1, -0.05) is 31.9 Å². The third-order valence-corrected chi connectivity index (χ3v) is 5.76. The number of Topliss-reactive ketones (excluding diaryl/α,β-unsaturated/α-hetero) is 2. The van der Waals surface area contributed by atoms with Crippen LogP contribution in [0.1, 0.15) is 33.6 Å². The number of fused-ring (bicyclic) bond motifs is 1. The van der Waals surface area contributed by atoms with E-state index in [2.05, 4.69) is 36.8 Å². The van der Waals surface area contributed by atoms with Gasteiger partial charge in [0.1, 0.15) is 0 Å². The summed E-state index contributed by atoms with van der Waals surface area (Å²) in [7, 11) is 1.68. The Hall–Kier alpha value is -0.820. The SMILES string of the molecule is COCCN1CCC2=C(CC1)C(=O)c1c(Br)ccc(Br)c1C2=O. The zero-order valence-electron chi connectivity index (χ0n) is 12.8. The number of halogens is 2. The van der Waals surface area contributed by atoms with Crippen molar-refractivity contribution in [3.05, 3.63) is 43.4 Å². The molecule has 1 aromatic carbocycles. The lowest BCUT2D eigenvalue weighted by Crippen LogP contribution is -2.28. The molecule has 6 heteroatoms. The van der Waals surface area contributed by atoms with E-state index in [1.54, 1.807) is 19.2 Å². The highest BCUT2D eigenvalue weighted by atomic mass is 79.9. The highest BCUT2D eigenvalue weighted by Gasteiger charge is 2.36. The van der Waals surface area contributed by atoms with Crippen molar-refractivity contribution in [3.8, 4) is 0 Å². The molecule has 1 aromatic rings. The van der Waals surface area contributed by atoms with E-state index in [4.69, 9.17) is 4.74 Å². The molecule has 1 aliphatic heterocycles. The maximum Gasteiger partial charge on any atom is 0.191 e. The molecule has 0 aromatic heterocycles. The molecule has 0 N–H and O–H groups in total. The van der Waals surface area contributed by atoms with E-state index in [1.165, 1.54) is 0 Å². The van der Waals surface area contributed by atoms with Crippen LogP contribution in [0.2, 0.25) is 0 Å². The van der Waals surface area contributed by atoms with Gasteiger partial charge in [-0.15, -0.1) is 0 Å². The maximum atomic E-state index is 12.9. The number of methoxy groups -OCH3 is 1. The summed E-state index contributed by atoms with van der Waals surface area (Å²) in [5, 5.41) is 0. The molecular formula is C17H17Br2NO3. The van der Waals surface area contributed by atoms with Crippen molar-refractivity contribution in [3.63, 3.8) is 0 Å². The minimum atomic E-state index is -0.0173. The quantitative estimate of drug-likeness (QED) is 0.717. The van der Waals surface area contributed by atoms with Crippen LogP contribution in [0, 0.1) is 0 Å². The van der Waals surface area contributed by atoms with Gasteiger partial charge in [0.25, 0.3) is 0 Å². The molecule has 1 heterocycles. The van der Waals surface area contributed by atoms with Crippen molar-refractivity contribution in [2.24, 2.45) is 0 Å². The monoisotopic (exact) mass is 441 g/mol. The van der Waals surface area contributed by atoms with E-state index in [0.29, 0.717) is 50.7 Å². The molecular weight excluding hydrogens is 426 g/mol.